The van der Waals surface area contributed by atoms with Crippen LogP contribution < -0.4 is 10.1 Å². The quantitative estimate of drug-likeness (QED) is 0.860. The summed E-state index contributed by atoms with van der Waals surface area (Å²) < 4.78 is 5.69. The van der Waals surface area contributed by atoms with Crippen LogP contribution in [0.3, 0.4) is 0 Å². The Hall–Kier alpha value is -1.84. The van der Waals surface area contributed by atoms with E-state index in [0.717, 1.165) is 11.3 Å². The normalized spacial score (nSPS) is 19.1. The zero-order chi connectivity index (χ0) is 14.7. The zero-order valence-corrected chi connectivity index (χ0v) is 12.2. The summed E-state index contributed by atoms with van der Waals surface area (Å²) in [5, 5.41) is 2.40. The van der Waals surface area contributed by atoms with E-state index in [-0.39, 0.29) is 17.7 Å². The minimum atomic E-state index is -0.296. The number of piperidine rings is 1. The second kappa shape index (κ2) is 6.07. The number of carbonyl (C=O) groups is 2. The Morgan fingerprint density at radius 1 is 1.35 bits per heavy atom. The van der Waals surface area contributed by atoms with E-state index in [4.69, 9.17) is 4.74 Å². The summed E-state index contributed by atoms with van der Waals surface area (Å²) in [6.07, 6.45) is 0.930. The topological polar surface area (TPSA) is 55.4 Å². The molecule has 4 heteroatoms. The number of nitrogens with one attached hydrogen (secondary N) is 1. The highest BCUT2D eigenvalue weighted by atomic mass is 16.5. The van der Waals surface area contributed by atoms with Gasteiger partial charge < -0.3 is 4.74 Å². The smallest absolute Gasteiger partial charge is 0.234 e. The minimum absolute atomic E-state index is 0.192. The van der Waals surface area contributed by atoms with Crippen LogP contribution >= 0.6 is 0 Å². The molecule has 1 unspecified atom stereocenters. The number of carbonyl (C=O) groups excluding carboxylic acids is 2. The number of hydrogen-bond donors (Lipinski definition) is 1. The van der Waals surface area contributed by atoms with E-state index < -0.39 is 0 Å². The standard InChI is InChI=1S/C16H21NO3/c1-4-20-14-9-11(10(2)3)5-6-12(14)13-7-8-15(18)17-16(13)19/h5-6,9-10,13H,4,7-8H2,1-3H3,(H,17,18,19). The molecule has 1 aromatic rings. The van der Waals surface area contributed by atoms with Crippen molar-refractivity contribution in [3.63, 3.8) is 0 Å². The maximum Gasteiger partial charge on any atom is 0.234 e. The van der Waals surface area contributed by atoms with Gasteiger partial charge in [-0.15, -0.1) is 0 Å². The Morgan fingerprint density at radius 3 is 2.70 bits per heavy atom. The Labute approximate surface area is 119 Å². The summed E-state index contributed by atoms with van der Waals surface area (Å²) >= 11 is 0. The van der Waals surface area contributed by atoms with Crippen molar-refractivity contribution in [2.75, 3.05) is 6.61 Å². The SMILES string of the molecule is CCOc1cc(C(C)C)ccc1C1CCC(=O)NC1=O. The zero-order valence-electron chi connectivity index (χ0n) is 12.2. The molecule has 1 aliphatic heterocycles. The average Bonchev–Trinajstić information content (AvgIpc) is 2.39. The third-order valence-corrected chi connectivity index (χ3v) is 3.62. The van der Waals surface area contributed by atoms with Gasteiger partial charge in [-0.2, -0.15) is 0 Å². The molecule has 108 valence electrons. The molecule has 1 N–H and O–H groups in total. The van der Waals surface area contributed by atoms with Crippen molar-refractivity contribution in [2.45, 2.75) is 45.4 Å². The molecule has 0 aliphatic carbocycles. The van der Waals surface area contributed by atoms with Crippen LogP contribution in [0.2, 0.25) is 0 Å². The van der Waals surface area contributed by atoms with Gasteiger partial charge in [0.05, 0.1) is 12.5 Å². The third kappa shape index (κ3) is 3.00. The van der Waals surface area contributed by atoms with Crippen LogP contribution in [0.1, 0.15) is 56.6 Å². The van der Waals surface area contributed by atoms with Gasteiger partial charge in [-0.3, -0.25) is 14.9 Å². The number of rotatable bonds is 4. The Morgan fingerprint density at radius 2 is 2.10 bits per heavy atom. The van der Waals surface area contributed by atoms with Crippen LogP contribution in [-0.2, 0) is 9.59 Å². The second-order valence-electron chi connectivity index (χ2n) is 5.39. The molecule has 1 heterocycles. The van der Waals surface area contributed by atoms with Gasteiger partial charge in [0.1, 0.15) is 5.75 Å². The molecule has 1 fully saturated rings. The molecule has 1 aliphatic rings. The molecule has 0 saturated carbocycles. The van der Waals surface area contributed by atoms with Crippen molar-refractivity contribution >= 4 is 11.8 Å². The van der Waals surface area contributed by atoms with Gasteiger partial charge in [-0.25, -0.2) is 0 Å². The van der Waals surface area contributed by atoms with Crippen LogP contribution in [-0.4, -0.2) is 18.4 Å². The molecule has 20 heavy (non-hydrogen) atoms. The van der Waals surface area contributed by atoms with Crippen LogP contribution in [0, 0.1) is 0 Å². The highest BCUT2D eigenvalue weighted by Crippen LogP contribution is 2.34. The van der Waals surface area contributed by atoms with Gasteiger partial charge in [-0.05, 0) is 30.9 Å². The van der Waals surface area contributed by atoms with Gasteiger partial charge in [0, 0.05) is 12.0 Å². The molecular formula is C16H21NO3. The third-order valence-electron chi connectivity index (χ3n) is 3.62. The summed E-state index contributed by atoms with van der Waals surface area (Å²) in [6.45, 7) is 6.73. The molecule has 0 radical (unpaired) electrons. The second-order valence-corrected chi connectivity index (χ2v) is 5.39. The Bertz CT molecular complexity index is 522. The van der Waals surface area contributed by atoms with Crippen molar-refractivity contribution in [2.24, 2.45) is 0 Å². The van der Waals surface area contributed by atoms with Crippen LogP contribution in [0.4, 0.5) is 0 Å². The van der Waals surface area contributed by atoms with E-state index >= 15 is 0 Å². The van der Waals surface area contributed by atoms with Crippen LogP contribution in [0.5, 0.6) is 5.75 Å². The van der Waals surface area contributed by atoms with Crippen molar-refractivity contribution in [3.05, 3.63) is 29.3 Å². The molecule has 1 saturated heterocycles. The fraction of sp³-hybridized carbons (Fsp3) is 0.500. The van der Waals surface area contributed by atoms with E-state index in [0.29, 0.717) is 25.4 Å². The van der Waals surface area contributed by atoms with Crippen LogP contribution in [0.25, 0.3) is 0 Å². The molecular weight excluding hydrogens is 254 g/mol. The van der Waals surface area contributed by atoms with Gasteiger partial charge in [0.25, 0.3) is 0 Å². The highest BCUT2D eigenvalue weighted by molar-refractivity contribution is 6.01. The lowest BCUT2D eigenvalue weighted by atomic mass is 9.88. The highest BCUT2D eigenvalue weighted by Gasteiger charge is 2.30. The summed E-state index contributed by atoms with van der Waals surface area (Å²) in [5.74, 6) is 0.455. The molecule has 0 aromatic heterocycles. The van der Waals surface area contributed by atoms with E-state index in [9.17, 15) is 9.59 Å². The number of benzene rings is 1. The molecule has 0 bridgehead atoms. The van der Waals surface area contributed by atoms with Crippen molar-refractivity contribution < 1.29 is 14.3 Å². The first-order valence-corrected chi connectivity index (χ1v) is 7.13. The molecule has 1 aromatic carbocycles. The lowest BCUT2D eigenvalue weighted by Crippen LogP contribution is -2.39. The van der Waals surface area contributed by atoms with Crippen LogP contribution in [0.15, 0.2) is 18.2 Å². The fourth-order valence-electron chi connectivity index (χ4n) is 2.47. The molecule has 2 amide bonds. The van der Waals surface area contributed by atoms with E-state index in [1.807, 2.05) is 25.1 Å². The van der Waals surface area contributed by atoms with Gasteiger partial charge in [0.2, 0.25) is 11.8 Å². The lowest BCUT2D eigenvalue weighted by Gasteiger charge is -2.24. The van der Waals surface area contributed by atoms with E-state index in [2.05, 4.69) is 19.2 Å². The Balaban J connectivity index is 2.34. The van der Waals surface area contributed by atoms with E-state index in [1.54, 1.807) is 0 Å². The molecule has 1 atom stereocenters. The maximum atomic E-state index is 12.0. The summed E-state index contributed by atoms with van der Waals surface area (Å²) in [7, 11) is 0. The first-order chi connectivity index (χ1) is 9.52. The predicted octanol–water partition coefficient (Wildman–Crippen LogP) is 2.73. The first-order valence-electron chi connectivity index (χ1n) is 7.13. The average molecular weight is 275 g/mol. The number of ether oxygens (including phenoxy) is 1. The number of imide groups is 1. The molecule has 4 nitrogen and oxygen atoms in total. The fourth-order valence-corrected chi connectivity index (χ4v) is 2.47. The van der Waals surface area contributed by atoms with Gasteiger partial charge in [-0.1, -0.05) is 26.0 Å². The summed E-state index contributed by atoms with van der Waals surface area (Å²) in [6, 6.07) is 6.00. The maximum absolute atomic E-state index is 12.0. The van der Waals surface area contributed by atoms with Crippen molar-refractivity contribution in [1.29, 1.82) is 0 Å². The summed E-state index contributed by atoms with van der Waals surface area (Å²) in [4.78, 5) is 23.2. The lowest BCUT2D eigenvalue weighted by molar-refractivity contribution is -0.134. The monoisotopic (exact) mass is 275 g/mol. The molecule has 2 rings (SSSR count). The summed E-state index contributed by atoms with van der Waals surface area (Å²) in [5.41, 5.74) is 2.06. The Kier molecular flexibility index (Phi) is 4.42. The minimum Gasteiger partial charge on any atom is -0.494 e. The molecule has 0 spiro atoms. The largest absolute Gasteiger partial charge is 0.494 e. The van der Waals surface area contributed by atoms with Gasteiger partial charge >= 0.3 is 0 Å². The number of amides is 2. The number of hydrogen-bond acceptors (Lipinski definition) is 3. The van der Waals surface area contributed by atoms with Gasteiger partial charge in [0.15, 0.2) is 0 Å². The predicted molar refractivity (Wildman–Crippen MR) is 76.8 cm³/mol. The first kappa shape index (κ1) is 14.6. The van der Waals surface area contributed by atoms with Crippen molar-refractivity contribution in [3.8, 4) is 5.75 Å². The van der Waals surface area contributed by atoms with E-state index in [1.165, 1.54) is 5.56 Å². The van der Waals surface area contributed by atoms with Crippen molar-refractivity contribution in [1.82, 2.24) is 5.32 Å².